The van der Waals surface area contributed by atoms with Crippen LogP contribution in [0.25, 0.3) is 10.8 Å². The van der Waals surface area contributed by atoms with E-state index in [4.69, 9.17) is 9.84 Å². The molecule has 2 aromatic carbocycles. The number of hydrogen-bond acceptors (Lipinski definition) is 3. The minimum atomic E-state index is -0.969. The van der Waals surface area contributed by atoms with Gasteiger partial charge < -0.3 is 9.84 Å². The second-order valence-electron chi connectivity index (χ2n) is 5.58. The molecular weight excluding hydrogens is 256 g/mol. The lowest BCUT2D eigenvalue weighted by Crippen LogP contribution is -2.23. The first-order valence-corrected chi connectivity index (χ1v) is 6.27. The molecule has 2 aromatic rings. The summed E-state index contributed by atoms with van der Waals surface area (Å²) in [5.74, 6) is -1.36. The van der Waals surface area contributed by atoms with Crippen molar-refractivity contribution in [3.63, 3.8) is 0 Å². The molecule has 1 N–H and O–H groups in total. The first-order chi connectivity index (χ1) is 9.26. The average Bonchev–Trinajstić information content (AvgIpc) is 2.35. The molecule has 0 heterocycles. The lowest BCUT2D eigenvalue weighted by Gasteiger charge is -2.19. The van der Waals surface area contributed by atoms with Gasteiger partial charge in [0.2, 0.25) is 0 Å². The third-order valence-electron chi connectivity index (χ3n) is 2.72. The summed E-state index contributed by atoms with van der Waals surface area (Å²) in [6, 6.07) is 9.85. The smallest absolute Gasteiger partial charge is 0.338 e. The number of carboxylic acids is 1. The lowest BCUT2D eigenvalue weighted by atomic mass is 10.0. The van der Waals surface area contributed by atoms with Gasteiger partial charge in [0.1, 0.15) is 5.60 Å². The average molecular weight is 272 g/mol. The highest BCUT2D eigenvalue weighted by Gasteiger charge is 2.18. The Hall–Kier alpha value is -2.36. The molecule has 2 rings (SSSR count). The summed E-state index contributed by atoms with van der Waals surface area (Å²) in [6.45, 7) is 5.43. The van der Waals surface area contributed by atoms with E-state index in [1.165, 1.54) is 6.07 Å². The van der Waals surface area contributed by atoms with Crippen molar-refractivity contribution in [2.75, 3.05) is 0 Å². The van der Waals surface area contributed by atoms with Gasteiger partial charge in [-0.15, -0.1) is 0 Å². The lowest BCUT2D eigenvalue weighted by molar-refractivity contribution is 0.00695. The number of rotatable bonds is 2. The summed E-state index contributed by atoms with van der Waals surface area (Å²) in [5, 5.41) is 10.5. The molecule has 0 amide bonds. The van der Waals surface area contributed by atoms with Crippen molar-refractivity contribution >= 4 is 22.7 Å². The molecule has 0 aliphatic rings. The van der Waals surface area contributed by atoms with Crippen molar-refractivity contribution in [1.29, 1.82) is 0 Å². The van der Waals surface area contributed by atoms with Crippen LogP contribution in [0.1, 0.15) is 41.5 Å². The third-order valence-corrected chi connectivity index (χ3v) is 2.72. The molecule has 4 heteroatoms. The summed E-state index contributed by atoms with van der Waals surface area (Å²) < 4.78 is 5.30. The molecule has 104 valence electrons. The van der Waals surface area contributed by atoms with Gasteiger partial charge in [-0.25, -0.2) is 9.59 Å². The number of carbonyl (C=O) groups excluding carboxylic acids is 1. The van der Waals surface area contributed by atoms with E-state index in [0.717, 1.165) is 10.8 Å². The number of ether oxygens (including phenoxy) is 1. The molecule has 0 spiro atoms. The van der Waals surface area contributed by atoms with Crippen LogP contribution in [0.5, 0.6) is 0 Å². The van der Waals surface area contributed by atoms with E-state index in [9.17, 15) is 9.59 Å². The summed E-state index contributed by atoms with van der Waals surface area (Å²) in [7, 11) is 0. The largest absolute Gasteiger partial charge is 0.478 e. The second kappa shape index (κ2) is 4.96. The molecule has 0 fully saturated rings. The van der Waals surface area contributed by atoms with Crippen LogP contribution in [0.2, 0.25) is 0 Å². The molecule has 20 heavy (non-hydrogen) atoms. The van der Waals surface area contributed by atoms with E-state index in [2.05, 4.69) is 0 Å². The van der Waals surface area contributed by atoms with Crippen molar-refractivity contribution in [3.05, 3.63) is 47.5 Å². The van der Waals surface area contributed by atoms with Crippen LogP contribution in [0, 0.1) is 0 Å². The Bertz CT molecular complexity index is 680. The molecule has 0 saturated heterocycles. The Labute approximate surface area is 117 Å². The van der Waals surface area contributed by atoms with Crippen molar-refractivity contribution in [1.82, 2.24) is 0 Å². The van der Waals surface area contributed by atoms with Gasteiger partial charge in [-0.3, -0.25) is 0 Å². The molecule has 0 bridgehead atoms. The topological polar surface area (TPSA) is 63.6 Å². The number of aromatic carboxylic acids is 1. The quantitative estimate of drug-likeness (QED) is 0.850. The highest BCUT2D eigenvalue weighted by atomic mass is 16.6. The zero-order valence-corrected chi connectivity index (χ0v) is 11.6. The van der Waals surface area contributed by atoms with Gasteiger partial charge in [-0.2, -0.15) is 0 Å². The van der Waals surface area contributed by atoms with Crippen LogP contribution >= 0.6 is 0 Å². The van der Waals surface area contributed by atoms with Crippen molar-refractivity contribution in [2.45, 2.75) is 26.4 Å². The van der Waals surface area contributed by atoms with E-state index in [1.54, 1.807) is 30.3 Å². The fourth-order valence-corrected chi connectivity index (χ4v) is 1.84. The summed E-state index contributed by atoms with van der Waals surface area (Å²) in [4.78, 5) is 22.9. The first-order valence-electron chi connectivity index (χ1n) is 6.27. The number of esters is 1. The van der Waals surface area contributed by atoms with Crippen LogP contribution in [-0.2, 0) is 4.74 Å². The Morgan fingerprint density at radius 3 is 1.95 bits per heavy atom. The molecule has 0 saturated carbocycles. The van der Waals surface area contributed by atoms with Crippen molar-refractivity contribution < 1.29 is 19.4 Å². The van der Waals surface area contributed by atoms with Crippen LogP contribution in [0.4, 0.5) is 0 Å². The Kier molecular flexibility index (Phi) is 3.49. The molecule has 0 aliphatic heterocycles. The van der Waals surface area contributed by atoms with Crippen LogP contribution in [-0.4, -0.2) is 22.6 Å². The monoisotopic (exact) mass is 272 g/mol. The predicted octanol–water partition coefficient (Wildman–Crippen LogP) is 3.49. The number of hydrogen-bond donors (Lipinski definition) is 1. The van der Waals surface area contributed by atoms with Gasteiger partial charge in [-0.05, 0) is 55.8 Å². The molecule has 0 atom stereocenters. The fraction of sp³-hybridized carbons (Fsp3) is 0.250. The van der Waals surface area contributed by atoms with Gasteiger partial charge >= 0.3 is 11.9 Å². The maximum absolute atomic E-state index is 12.0. The minimum absolute atomic E-state index is 0.225. The predicted molar refractivity (Wildman–Crippen MR) is 76.1 cm³/mol. The summed E-state index contributed by atoms with van der Waals surface area (Å²) in [5.41, 5.74) is 0.136. The molecule has 0 unspecified atom stereocenters. The van der Waals surface area contributed by atoms with E-state index < -0.39 is 11.6 Å². The van der Waals surface area contributed by atoms with E-state index in [1.807, 2.05) is 20.8 Å². The van der Waals surface area contributed by atoms with E-state index in [0.29, 0.717) is 5.56 Å². The number of benzene rings is 2. The molecule has 4 nitrogen and oxygen atoms in total. The Balaban J connectivity index is 2.37. The fourth-order valence-electron chi connectivity index (χ4n) is 1.84. The molecule has 0 aliphatic carbocycles. The Morgan fingerprint density at radius 1 is 0.950 bits per heavy atom. The molecular formula is C16H16O4. The molecule has 0 radical (unpaired) electrons. The maximum atomic E-state index is 12.0. The first kappa shape index (κ1) is 14.1. The van der Waals surface area contributed by atoms with Gasteiger partial charge in [0.15, 0.2) is 0 Å². The normalized spacial score (nSPS) is 11.3. The van der Waals surface area contributed by atoms with Gasteiger partial charge in [0.25, 0.3) is 0 Å². The van der Waals surface area contributed by atoms with Crippen molar-refractivity contribution in [3.8, 4) is 0 Å². The number of carboxylic acid groups (broad SMARTS) is 1. The SMILES string of the molecule is CC(C)(C)OC(=O)c1ccc2cc(C(=O)O)ccc2c1. The maximum Gasteiger partial charge on any atom is 0.338 e. The van der Waals surface area contributed by atoms with Crippen LogP contribution < -0.4 is 0 Å². The Morgan fingerprint density at radius 2 is 1.45 bits per heavy atom. The van der Waals surface area contributed by atoms with Gasteiger partial charge in [0, 0.05) is 0 Å². The third kappa shape index (κ3) is 3.15. The van der Waals surface area contributed by atoms with Gasteiger partial charge in [-0.1, -0.05) is 12.1 Å². The zero-order valence-electron chi connectivity index (χ0n) is 11.6. The van der Waals surface area contributed by atoms with E-state index >= 15 is 0 Å². The minimum Gasteiger partial charge on any atom is -0.478 e. The number of fused-ring (bicyclic) bond motifs is 1. The van der Waals surface area contributed by atoms with E-state index in [-0.39, 0.29) is 11.5 Å². The highest BCUT2D eigenvalue weighted by Crippen LogP contribution is 2.20. The standard InChI is InChI=1S/C16H16O4/c1-16(2,3)20-15(19)13-7-5-10-8-12(14(17)18)6-4-11(10)9-13/h4-9H,1-3H3,(H,17,18). The number of carbonyl (C=O) groups is 2. The second-order valence-corrected chi connectivity index (χ2v) is 5.58. The highest BCUT2D eigenvalue weighted by molar-refractivity contribution is 5.98. The summed E-state index contributed by atoms with van der Waals surface area (Å²) >= 11 is 0. The van der Waals surface area contributed by atoms with Crippen molar-refractivity contribution in [2.24, 2.45) is 0 Å². The van der Waals surface area contributed by atoms with Crippen LogP contribution in [0.15, 0.2) is 36.4 Å². The van der Waals surface area contributed by atoms with Gasteiger partial charge in [0.05, 0.1) is 11.1 Å². The summed E-state index contributed by atoms with van der Waals surface area (Å²) in [6.07, 6.45) is 0. The van der Waals surface area contributed by atoms with Crippen LogP contribution in [0.3, 0.4) is 0 Å². The molecule has 0 aromatic heterocycles. The zero-order chi connectivity index (χ0) is 14.9.